The highest BCUT2D eigenvalue weighted by Gasteiger charge is 1.95. The van der Waals surface area contributed by atoms with Gasteiger partial charge in [-0.25, -0.2) is 0 Å². The van der Waals surface area contributed by atoms with Crippen LogP contribution in [0.15, 0.2) is 12.2 Å². The van der Waals surface area contributed by atoms with Crippen LogP contribution in [0.1, 0.15) is 58.3 Å². The molecule has 0 aromatic heterocycles. The minimum absolute atomic E-state index is 0.704. The van der Waals surface area contributed by atoms with Crippen LogP contribution in [0.25, 0.3) is 0 Å². The van der Waals surface area contributed by atoms with Gasteiger partial charge in [0, 0.05) is 0 Å². The van der Waals surface area contributed by atoms with Crippen LogP contribution in [0.5, 0.6) is 0 Å². The van der Waals surface area contributed by atoms with Gasteiger partial charge in [-0.15, -0.1) is 0 Å². The minimum atomic E-state index is 0.704. The molecule has 0 saturated carbocycles. The molecule has 0 aromatic rings. The summed E-state index contributed by atoms with van der Waals surface area (Å²) in [4.78, 5) is 0. The van der Waals surface area contributed by atoms with Crippen molar-refractivity contribution in [1.29, 1.82) is 0 Å². The second-order valence-corrected chi connectivity index (χ2v) is 3.94. The molecule has 0 nitrogen and oxygen atoms in total. The molecule has 0 aliphatic rings. The first-order valence-electron chi connectivity index (χ1n) is 6.10. The van der Waals surface area contributed by atoms with Crippen molar-refractivity contribution < 1.29 is 0 Å². The minimum Gasteiger partial charge on any atom is -0.0883 e. The third-order valence-electron chi connectivity index (χ3n) is 2.67. The van der Waals surface area contributed by atoms with E-state index in [0.717, 1.165) is 12.8 Å². The topological polar surface area (TPSA) is 0 Å². The Bertz CT molecular complexity index is 120. The number of rotatable bonds is 9. The Labute approximate surface area is 90.8 Å². The molecule has 0 heteroatoms. The van der Waals surface area contributed by atoms with Crippen molar-refractivity contribution in [2.45, 2.75) is 58.3 Å². The van der Waals surface area contributed by atoms with E-state index in [1.807, 2.05) is 0 Å². The van der Waals surface area contributed by atoms with Gasteiger partial charge < -0.3 is 0 Å². The predicted octanol–water partition coefficient (Wildman–Crippen LogP) is 4.97. The van der Waals surface area contributed by atoms with E-state index in [9.17, 15) is 0 Å². The molecule has 0 aliphatic carbocycles. The Balaban J connectivity index is 3.25. The van der Waals surface area contributed by atoms with Gasteiger partial charge in [0.1, 0.15) is 0 Å². The molecule has 1 atom stereocenters. The van der Waals surface area contributed by atoms with E-state index < -0.39 is 0 Å². The molecule has 0 amide bonds. The second kappa shape index (κ2) is 10.8. The van der Waals surface area contributed by atoms with Gasteiger partial charge in [-0.2, -0.15) is 0 Å². The van der Waals surface area contributed by atoms with Crippen molar-refractivity contribution in [3.63, 3.8) is 0 Å². The van der Waals surface area contributed by atoms with Crippen molar-refractivity contribution in [1.82, 2.24) is 0 Å². The lowest BCUT2D eigenvalue weighted by Gasteiger charge is -2.04. The van der Waals surface area contributed by atoms with Gasteiger partial charge in [-0.05, 0) is 31.6 Å². The molecule has 0 fully saturated rings. The van der Waals surface area contributed by atoms with Crippen LogP contribution in [0.4, 0.5) is 0 Å². The maximum absolute atomic E-state index is 3.94. The van der Waals surface area contributed by atoms with Crippen molar-refractivity contribution in [2.75, 3.05) is 0 Å². The van der Waals surface area contributed by atoms with Gasteiger partial charge in [-0.1, -0.05) is 58.6 Å². The van der Waals surface area contributed by atoms with Crippen molar-refractivity contribution >= 4 is 0 Å². The fourth-order valence-corrected chi connectivity index (χ4v) is 1.52. The number of allylic oxidation sites excluding steroid dienone is 2. The average molecular weight is 194 g/mol. The second-order valence-electron chi connectivity index (χ2n) is 3.94. The monoisotopic (exact) mass is 194 g/mol. The van der Waals surface area contributed by atoms with E-state index in [4.69, 9.17) is 0 Å². The maximum Gasteiger partial charge on any atom is -0.0236 e. The highest BCUT2D eigenvalue weighted by molar-refractivity contribution is 4.88. The fourth-order valence-electron chi connectivity index (χ4n) is 1.52. The zero-order valence-corrected chi connectivity index (χ0v) is 9.80. The van der Waals surface area contributed by atoms with Crippen molar-refractivity contribution in [2.24, 2.45) is 5.92 Å². The summed E-state index contributed by atoms with van der Waals surface area (Å²) in [6.07, 6.45) is 14.6. The summed E-state index contributed by atoms with van der Waals surface area (Å²) in [5, 5.41) is 0. The summed E-state index contributed by atoms with van der Waals surface area (Å²) < 4.78 is 0. The summed E-state index contributed by atoms with van der Waals surface area (Å²) in [5.74, 6) is 0.704. The first-order chi connectivity index (χ1) is 6.85. The van der Waals surface area contributed by atoms with Gasteiger partial charge in [0.25, 0.3) is 0 Å². The molecule has 2 radical (unpaired) electrons. The summed E-state index contributed by atoms with van der Waals surface area (Å²) in [7, 11) is 0. The summed E-state index contributed by atoms with van der Waals surface area (Å²) in [5.41, 5.74) is 0. The third-order valence-corrected chi connectivity index (χ3v) is 2.67. The standard InChI is InChI=1S/C14H26/c1-4-7-8-9-10-11-12-13-14(5-2)6-3/h12-14H,1-2,4-11H2,3H3. The van der Waals surface area contributed by atoms with Crippen LogP contribution in [0.2, 0.25) is 0 Å². The molecule has 0 aliphatic heterocycles. The maximum atomic E-state index is 3.94. The molecule has 0 spiro atoms. The number of hydrogen-bond donors (Lipinski definition) is 0. The molecule has 14 heavy (non-hydrogen) atoms. The summed E-state index contributed by atoms with van der Waals surface area (Å²) in [6, 6.07) is 0. The SMILES string of the molecule is [CH2]CCCCCCC=CC(C[CH2])CC. The van der Waals surface area contributed by atoms with E-state index in [2.05, 4.69) is 32.9 Å². The van der Waals surface area contributed by atoms with E-state index in [-0.39, 0.29) is 0 Å². The first-order valence-corrected chi connectivity index (χ1v) is 6.10. The quantitative estimate of drug-likeness (QED) is 0.359. The zero-order chi connectivity index (χ0) is 10.6. The molecule has 82 valence electrons. The molecule has 0 aromatic carbocycles. The van der Waals surface area contributed by atoms with E-state index in [1.54, 1.807) is 0 Å². The van der Waals surface area contributed by atoms with E-state index >= 15 is 0 Å². The largest absolute Gasteiger partial charge is 0.0883 e. The molecule has 0 saturated heterocycles. The van der Waals surface area contributed by atoms with Crippen LogP contribution >= 0.6 is 0 Å². The van der Waals surface area contributed by atoms with Crippen LogP contribution in [0, 0.1) is 19.8 Å². The first kappa shape index (κ1) is 13.7. The van der Waals surface area contributed by atoms with Crippen LogP contribution in [-0.4, -0.2) is 0 Å². The lowest BCUT2D eigenvalue weighted by molar-refractivity contribution is 0.625. The van der Waals surface area contributed by atoms with E-state index in [0.29, 0.717) is 5.92 Å². The van der Waals surface area contributed by atoms with Gasteiger partial charge in [-0.3, -0.25) is 0 Å². The van der Waals surface area contributed by atoms with Crippen LogP contribution in [-0.2, 0) is 0 Å². The predicted molar refractivity (Wildman–Crippen MR) is 66.0 cm³/mol. The number of unbranched alkanes of at least 4 members (excludes halogenated alkanes) is 5. The summed E-state index contributed by atoms with van der Waals surface area (Å²) in [6.45, 7) is 10.0. The molecular formula is C14H26. The molecule has 1 unspecified atom stereocenters. The zero-order valence-electron chi connectivity index (χ0n) is 9.80. The Morgan fingerprint density at radius 3 is 2.36 bits per heavy atom. The lowest BCUT2D eigenvalue weighted by Crippen LogP contribution is -1.90. The highest BCUT2D eigenvalue weighted by atomic mass is 14.0. The molecular weight excluding hydrogens is 168 g/mol. The van der Waals surface area contributed by atoms with Crippen LogP contribution in [0.3, 0.4) is 0 Å². The Morgan fingerprint density at radius 1 is 1.07 bits per heavy atom. The summed E-state index contributed by atoms with van der Waals surface area (Å²) >= 11 is 0. The van der Waals surface area contributed by atoms with Gasteiger partial charge in [0.2, 0.25) is 0 Å². The van der Waals surface area contributed by atoms with Crippen molar-refractivity contribution in [3.05, 3.63) is 26.0 Å². The van der Waals surface area contributed by atoms with Crippen LogP contribution < -0.4 is 0 Å². The van der Waals surface area contributed by atoms with Gasteiger partial charge in [0.15, 0.2) is 0 Å². The van der Waals surface area contributed by atoms with Crippen molar-refractivity contribution in [3.8, 4) is 0 Å². The highest BCUT2D eigenvalue weighted by Crippen LogP contribution is 2.10. The molecule has 0 heterocycles. The third kappa shape index (κ3) is 8.34. The lowest BCUT2D eigenvalue weighted by atomic mass is 10.0. The fraction of sp³-hybridized carbons (Fsp3) is 0.714. The number of hydrogen-bond acceptors (Lipinski definition) is 0. The van der Waals surface area contributed by atoms with Gasteiger partial charge in [0.05, 0.1) is 0 Å². The average Bonchev–Trinajstić information content (AvgIpc) is 2.22. The molecule has 0 rings (SSSR count). The normalized spacial score (nSPS) is 11.7. The van der Waals surface area contributed by atoms with Gasteiger partial charge >= 0.3 is 0 Å². The Morgan fingerprint density at radius 2 is 1.79 bits per heavy atom. The molecule has 0 bridgehead atoms. The Kier molecular flexibility index (Phi) is 10.6. The smallest absolute Gasteiger partial charge is 0.0236 e. The Hall–Kier alpha value is -0.260. The van der Waals surface area contributed by atoms with E-state index in [1.165, 1.54) is 38.5 Å². The molecule has 0 N–H and O–H groups in total.